The van der Waals surface area contributed by atoms with E-state index in [0.29, 0.717) is 35.3 Å². The molecule has 35 heavy (non-hydrogen) atoms. The molecule has 0 saturated carbocycles. The highest BCUT2D eigenvalue weighted by Gasteiger charge is 2.18. The molecule has 4 heterocycles. The van der Waals surface area contributed by atoms with Crippen LogP contribution in [0, 0.1) is 5.82 Å². The van der Waals surface area contributed by atoms with Gasteiger partial charge in [-0.15, -0.1) is 11.3 Å². The number of Topliss-reactive ketones (excluding diaryl/α,β-unsaturated/α-hetero) is 1. The highest BCUT2D eigenvalue weighted by Crippen LogP contribution is 2.32. The molecule has 8 heteroatoms. The smallest absolute Gasteiger partial charge is 0.173 e. The van der Waals surface area contributed by atoms with Gasteiger partial charge in [0, 0.05) is 41.1 Å². The predicted molar refractivity (Wildman–Crippen MR) is 135 cm³/mol. The number of carbonyl (C=O) groups is 1. The van der Waals surface area contributed by atoms with Crippen LogP contribution in [0.3, 0.4) is 0 Å². The Balaban J connectivity index is 1.22. The number of hydrogen-bond acceptors (Lipinski definition) is 5. The number of hydrogen-bond donors (Lipinski definition) is 1. The van der Waals surface area contributed by atoms with E-state index in [1.54, 1.807) is 28.3 Å². The second kappa shape index (κ2) is 8.85. The molecule has 0 saturated heterocycles. The van der Waals surface area contributed by atoms with Crippen molar-refractivity contribution < 1.29 is 9.18 Å². The van der Waals surface area contributed by atoms with Gasteiger partial charge in [-0.1, -0.05) is 12.1 Å². The maximum atomic E-state index is 15.1. The van der Waals surface area contributed by atoms with E-state index >= 15 is 4.39 Å². The van der Waals surface area contributed by atoms with Crippen molar-refractivity contribution >= 4 is 28.2 Å². The molecular formula is C27H24FN5OS. The molecule has 5 aromatic rings. The minimum absolute atomic E-state index is 0.0978. The van der Waals surface area contributed by atoms with Crippen LogP contribution in [-0.4, -0.2) is 30.5 Å². The number of aryl methyl sites for hydroxylation is 4. The Hall–Kier alpha value is -3.65. The summed E-state index contributed by atoms with van der Waals surface area (Å²) in [6, 6.07) is 9.15. The van der Waals surface area contributed by atoms with E-state index in [4.69, 9.17) is 0 Å². The molecule has 0 unspecified atom stereocenters. The standard InChI is InChI=1S/C27H24FN5OS/c1-33-14-19(13-31-33)22-12-20-26(29-15-30-27(20)32-22)18-7-6-16(21(28)10-18)8-9-23(34)25-11-17-4-2-3-5-24(17)35-25/h6-7,10-15H,2-5,8-9H2,1H3,(H,29,30,32). The fourth-order valence-corrected chi connectivity index (χ4v) is 6.00. The van der Waals surface area contributed by atoms with Gasteiger partial charge >= 0.3 is 0 Å². The van der Waals surface area contributed by atoms with Gasteiger partial charge < -0.3 is 4.98 Å². The molecule has 0 bridgehead atoms. The Kier molecular flexibility index (Phi) is 5.53. The summed E-state index contributed by atoms with van der Waals surface area (Å²) < 4.78 is 16.8. The molecule has 1 aliphatic carbocycles. The summed E-state index contributed by atoms with van der Waals surface area (Å²) in [7, 11) is 1.86. The van der Waals surface area contributed by atoms with Gasteiger partial charge in [0.25, 0.3) is 0 Å². The van der Waals surface area contributed by atoms with E-state index in [1.165, 1.54) is 35.7 Å². The van der Waals surface area contributed by atoms with Gasteiger partial charge in [-0.25, -0.2) is 14.4 Å². The number of thiophene rings is 1. The summed E-state index contributed by atoms with van der Waals surface area (Å²) >= 11 is 1.62. The molecule has 6 rings (SSSR count). The van der Waals surface area contributed by atoms with Crippen molar-refractivity contribution in [3.05, 3.63) is 75.8 Å². The SMILES string of the molecule is Cn1cc(-c2cc3c(-c4ccc(CCC(=O)c5cc6c(s5)CCCC6)c(F)c4)ncnc3[nH]2)cn1. The monoisotopic (exact) mass is 485 g/mol. The molecule has 0 fully saturated rings. The Morgan fingerprint density at radius 3 is 2.83 bits per heavy atom. The number of ketones is 1. The lowest BCUT2D eigenvalue weighted by Crippen LogP contribution is -2.01. The molecule has 0 atom stereocenters. The summed E-state index contributed by atoms with van der Waals surface area (Å²) in [6.07, 6.45) is 10.4. The molecular weight excluding hydrogens is 461 g/mol. The van der Waals surface area contributed by atoms with Crippen LogP contribution in [0.15, 0.2) is 49.1 Å². The van der Waals surface area contributed by atoms with Gasteiger partial charge in [-0.2, -0.15) is 5.10 Å². The van der Waals surface area contributed by atoms with Crippen LogP contribution in [0.25, 0.3) is 33.5 Å². The van der Waals surface area contributed by atoms with E-state index in [1.807, 2.05) is 25.4 Å². The van der Waals surface area contributed by atoms with E-state index in [2.05, 4.69) is 26.1 Å². The lowest BCUT2D eigenvalue weighted by atomic mass is 9.98. The van der Waals surface area contributed by atoms with Crippen molar-refractivity contribution in [2.45, 2.75) is 38.5 Å². The van der Waals surface area contributed by atoms with Gasteiger partial charge in [-0.05, 0) is 61.4 Å². The van der Waals surface area contributed by atoms with Crippen molar-refractivity contribution in [2.24, 2.45) is 7.05 Å². The van der Waals surface area contributed by atoms with Crippen molar-refractivity contribution in [1.29, 1.82) is 0 Å². The summed E-state index contributed by atoms with van der Waals surface area (Å²) in [5.74, 6) is -0.226. The number of halogens is 1. The number of aromatic amines is 1. The van der Waals surface area contributed by atoms with Crippen molar-refractivity contribution in [1.82, 2.24) is 24.7 Å². The molecule has 1 aromatic carbocycles. The first-order valence-electron chi connectivity index (χ1n) is 11.8. The Morgan fingerprint density at radius 2 is 2.03 bits per heavy atom. The third-order valence-corrected chi connectivity index (χ3v) is 7.94. The molecule has 0 radical (unpaired) electrons. The molecule has 0 spiro atoms. The predicted octanol–water partition coefficient (Wildman–Crippen LogP) is 5.92. The highest BCUT2D eigenvalue weighted by molar-refractivity contribution is 7.14. The Bertz CT molecular complexity index is 1540. The molecule has 0 aliphatic heterocycles. The van der Waals surface area contributed by atoms with Crippen LogP contribution in [-0.2, 0) is 26.3 Å². The van der Waals surface area contributed by atoms with Gasteiger partial charge in [0.05, 0.1) is 22.5 Å². The van der Waals surface area contributed by atoms with Crippen LogP contribution >= 0.6 is 11.3 Å². The molecule has 0 amide bonds. The molecule has 1 aliphatic rings. The number of aromatic nitrogens is 5. The number of nitrogens with zero attached hydrogens (tertiary/aromatic N) is 4. The average molecular weight is 486 g/mol. The lowest BCUT2D eigenvalue weighted by molar-refractivity contribution is 0.0986. The number of benzene rings is 1. The van der Waals surface area contributed by atoms with Crippen LogP contribution in [0.4, 0.5) is 4.39 Å². The normalized spacial score (nSPS) is 13.3. The molecule has 4 aromatic heterocycles. The fourth-order valence-electron chi connectivity index (χ4n) is 4.78. The highest BCUT2D eigenvalue weighted by atomic mass is 32.1. The molecule has 176 valence electrons. The van der Waals surface area contributed by atoms with E-state index in [0.717, 1.165) is 34.4 Å². The minimum atomic E-state index is -0.324. The van der Waals surface area contributed by atoms with E-state index < -0.39 is 0 Å². The maximum absolute atomic E-state index is 15.1. The van der Waals surface area contributed by atoms with Crippen LogP contribution in [0.1, 0.15) is 44.9 Å². The minimum Gasteiger partial charge on any atom is -0.339 e. The molecule has 6 nitrogen and oxygen atoms in total. The first-order valence-corrected chi connectivity index (χ1v) is 12.6. The van der Waals surface area contributed by atoms with Crippen LogP contribution in [0.2, 0.25) is 0 Å². The third-order valence-electron chi connectivity index (χ3n) is 6.66. The number of fused-ring (bicyclic) bond motifs is 2. The second-order valence-electron chi connectivity index (χ2n) is 9.07. The lowest BCUT2D eigenvalue weighted by Gasteiger charge is -2.08. The van der Waals surface area contributed by atoms with Crippen molar-refractivity contribution in [3.8, 4) is 22.5 Å². The Labute approximate surface area is 205 Å². The zero-order chi connectivity index (χ0) is 23.9. The topological polar surface area (TPSA) is 76.5 Å². The summed E-state index contributed by atoms with van der Waals surface area (Å²) in [6.45, 7) is 0. The summed E-state index contributed by atoms with van der Waals surface area (Å²) in [4.78, 5) is 27.0. The summed E-state index contributed by atoms with van der Waals surface area (Å²) in [5.41, 5.74) is 5.70. The van der Waals surface area contributed by atoms with E-state index in [-0.39, 0.29) is 11.6 Å². The largest absolute Gasteiger partial charge is 0.339 e. The Morgan fingerprint density at radius 1 is 1.14 bits per heavy atom. The van der Waals surface area contributed by atoms with E-state index in [9.17, 15) is 4.79 Å². The van der Waals surface area contributed by atoms with Crippen LogP contribution < -0.4 is 0 Å². The molecule has 1 N–H and O–H groups in total. The zero-order valence-electron chi connectivity index (χ0n) is 19.3. The summed E-state index contributed by atoms with van der Waals surface area (Å²) in [5, 5.41) is 5.03. The van der Waals surface area contributed by atoms with Gasteiger partial charge in [0.15, 0.2) is 5.78 Å². The van der Waals surface area contributed by atoms with Gasteiger partial charge in [0.1, 0.15) is 17.8 Å². The third kappa shape index (κ3) is 4.18. The number of H-pyrrole nitrogens is 1. The first-order chi connectivity index (χ1) is 17.0. The van der Waals surface area contributed by atoms with Crippen molar-refractivity contribution in [3.63, 3.8) is 0 Å². The number of rotatable bonds is 6. The fraction of sp³-hybridized carbons (Fsp3) is 0.259. The van der Waals surface area contributed by atoms with Crippen molar-refractivity contribution in [2.75, 3.05) is 0 Å². The second-order valence-corrected chi connectivity index (χ2v) is 10.2. The quantitative estimate of drug-likeness (QED) is 0.303. The first kappa shape index (κ1) is 21.9. The van der Waals surface area contributed by atoms with Gasteiger partial charge in [-0.3, -0.25) is 9.48 Å². The number of carbonyl (C=O) groups excluding carboxylic acids is 1. The van der Waals surface area contributed by atoms with Gasteiger partial charge in [0.2, 0.25) is 0 Å². The average Bonchev–Trinajstić information content (AvgIpc) is 3.60. The number of nitrogens with one attached hydrogen (secondary N) is 1. The zero-order valence-corrected chi connectivity index (χ0v) is 20.2. The maximum Gasteiger partial charge on any atom is 0.173 e. The van der Waals surface area contributed by atoms with Crippen LogP contribution in [0.5, 0.6) is 0 Å².